The number of rotatable bonds is 3. The van der Waals surface area contributed by atoms with Gasteiger partial charge in [-0.15, -0.1) is 0 Å². The average Bonchev–Trinajstić information content (AvgIpc) is 2.84. The molecule has 0 N–H and O–H groups in total. The van der Waals surface area contributed by atoms with Crippen LogP contribution < -0.4 is 4.90 Å². The molecular weight excluding hydrogens is 264 g/mol. The number of carbonyl (C=O) groups is 2. The zero-order chi connectivity index (χ0) is 14.0. The van der Waals surface area contributed by atoms with Gasteiger partial charge in [0.05, 0.1) is 7.11 Å². The van der Waals surface area contributed by atoms with Gasteiger partial charge in [-0.3, -0.25) is 4.79 Å². The fourth-order valence-electron chi connectivity index (χ4n) is 2.12. The predicted octanol–water partition coefficient (Wildman–Crippen LogP) is 2.37. The lowest BCUT2D eigenvalue weighted by Gasteiger charge is -2.29. The fraction of sp³-hybridized carbons (Fsp3) is 0.615. The maximum atomic E-state index is 11.6. The highest BCUT2D eigenvalue weighted by Crippen LogP contribution is 2.30. The van der Waals surface area contributed by atoms with Crippen LogP contribution in [0.5, 0.6) is 0 Å². The number of aromatic nitrogens is 1. The quantitative estimate of drug-likeness (QED) is 0.629. The number of Topliss-reactive ketones (excluding diaryl/α,β-unsaturated/α-hetero) is 1. The summed E-state index contributed by atoms with van der Waals surface area (Å²) in [7, 11) is 1.30. The van der Waals surface area contributed by atoms with Crippen molar-refractivity contribution in [1.29, 1.82) is 0 Å². The Hall–Kier alpha value is -1.43. The minimum Gasteiger partial charge on any atom is -0.464 e. The molecule has 0 saturated carbocycles. The SMILES string of the molecule is COC(=O)c1nc(N2CCC(C)CC2)sc1C(C)=O. The predicted molar refractivity (Wildman–Crippen MR) is 74.1 cm³/mol. The van der Waals surface area contributed by atoms with E-state index in [1.807, 2.05) is 0 Å². The van der Waals surface area contributed by atoms with Gasteiger partial charge < -0.3 is 9.64 Å². The van der Waals surface area contributed by atoms with Gasteiger partial charge in [0.25, 0.3) is 0 Å². The van der Waals surface area contributed by atoms with Crippen molar-refractivity contribution in [2.75, 3.05) is 25.1 Å². The lowest BCUT2D eigenvalue weighted by Crippen LogP contribution is -2.32. The summed E-state index contributed by atoms with van der Waals surface area (Å²) in [6.45, 7) is 5.53. The van der Waals surface area contributed by atoms with E-state index in [0.717, 1.165) is 37.0 Å². The van der Waals surface area contributed by atoms with E-state index in [1.165, 1.54) is 25.4 Å². The number of piperidine rings is 1. The molecule has 0 bridgehead atoms. The van der Waals surface area contributed by atoms with Gasteiger partial charge in [0.1, 0.15) is 4.88 Å². The number of nitrogens with zero attached hydrogens (tertiary/aromatic N) is 2. The van der Waals surface area contributed by atoms with Gasteiger partial charge in [0.2, 0.25) is 0 Å². The Bertz CT molecular complexity index is 490. The van der Waals surface area contributed by atoms with Crippen LogP contribution in [0.15, 0.2) is 0 Å². The van der Waals surface area contributed by atoms with Crippen LogP contribution in [0.25, 0.3) is 0 Å². The van der Waals surface area contributed by atoms with Crippen molar-refractivity contribution >= 4 is 28.2 Å². The van der Waals surface area contributed by atoms with Crippen LogP contribution >= 0.6 is 11.3 Å². The van der Waals surface area contributed by atoms with Crippen molar-refractivity contribution in [3.8, 4) is 0 Å². The number of hydrogen-bond acceptors (Lipinski definition) is 6. The Labute approximate surface area is 116 Å². The van der Waals surface area contributed by atoms with E-state index in [-0.39, 0.29) is 11.5 Å². The van der Waals surface area contributed by atoms with Crippen molar-refractivity contribution in [3.63, 3.8) is 0 Å². The first kappa shape index (κ1) is 14.0. The van der Waals surface area contributed by atoms with E-state index < -0.39 is 5.97 Å². The first-order chi connectivity index (χ1) is 9.02. The van der Waals surface area contributed by atoms with E-state index in [2.05, 4.69) is 21.5 Å². The van der Waals surface area contributed by atoms with Crippen LogP contribution in [0.3, 0.4) is 0 Å². The first-order valence-electron chi connectivity index (χ1n) is 6.38. The number of thiazole rings is 1. The zero-order valence-corrected chi connectivity index (χ0v) is 12.2. The molecule has 1 fully saturated rings. The van der Waals surface area contributed by atoms with Crippen molar-refractivity contribution in [1.82, 2.24) is 4.98 Å². The van der Waals surface area contributed by atoms with Gasteiger partial charge in [0.15, 0.2) is 16.6 Å². The van der Waals surface area contributed by atoms with E-state index in [0.29, 0.717) is 4.88 Å². The highest BCUT2D eigenvalue weighted by Gasteiger charge is 2.25. The lowest BCUT2D eigenvalue weighted by atomic mass is 10.00. The second kappa shape index (κ2) is 5.69. The molecule has 1 aliphatic rings. The van der Waals surface area contributed by atoms with Crippen LogP contribution in [0.4, 0.5) is 5.13 Å². The largest absolute Gasteiger partial charge is 0.464 e. The lowest BCUT2D eigenvalue weighted by molar-refractivity contribution is 0.0591. The molecule has 0 aromatic carbocycles. The highest BCUT2D eigenvalue weighted by atomic mass is 32.1. The van der Waals surface area contributed by atoms with E-state index in [1.54, 1.807) is 0 Å². The maximum absolute atomic E-state index is 11.6. The molecule has 1 aromatic rings. The molecule has 2 heterocycles. The summed E-state index contributed by atoms with van der Waals surface area (Å²) in [4.78, 5) is 30.0. The molecule has 5 nitrogen and oxygen atoms in total. The third kappa shape index (κ3) is 2.94. The molecule has 1 aromatic heterocycles. The van der Waals surface area contributed by atoms with E-state index in [9.17, 15) is 9.59 Å². The van der Waals surface area contributed by atoms with Gasteiger partial charge in [-0.05, 0) is 18.8 Å². The van der Waals surface area contributed by atoms with E-state index in [4.69, 9.17) is 0 Å². The molecule has 19 heavy (non-hydrogen) atoms. The van der Waals surface area contributed by atoms with Crippen LogP contribution in [0, 0.1) is 5.92 Å². The molecular formula is C13H18N2O3S. The standard InChI is InChI=1S/C13H18N2O3S/c1-8-4-6-15(7-5-8)13-14-10(12(17)18-3)11(19-13)9(2)16/h8H,4-7H2,1-3H3. The molecule has 1 saturated heterocycles. The molecule has 0 aliphatic carbocycles. The number of carbonyl (C=O) groups excluding carboxylic acids is 2. The summed E-state index contributed by atoms with van der Waals surface area (Å²) in [5.74, 6) is 0.0381. The van der Waals surface area contributed by atoms with Crippen molar-refractivity contribution < 1.29 is 14.3 Å². The summed E-state index contributed by atoms with van der Waals surface area (Å²) in [6, 6.07) is 0. The second-order valence-electron chi connectivity index (χ2n) is 4.89. The second-order valence-corrected chi connectivity index (χ2v) is 5.87. The number of hydrogen-bond donors (Lipinski definition) is 0. The molecule has 0 unspecified atom stereocenters. The third-order valence-electron chi connectivity index (χ3n) is 3.37. The summed E-state index contributed by atoms with van der Waals surface area (Å²) in [5, 5.41) is 0.748. The summed E-state index contributed by atoms with van der Waals surface area (Å²) < 4.78 is 4.68. The average molecular weight is 282 g/mol. The van der Waals surface area contributed by atoms with Crippen LogP contribution in [-0.4, -0.2) is 36.9 Å². The molecule has 1 aliphatic heterocycles. The molecule has 0 atom stereocenters. The Morgan fingerprint density at radius 3 is 2.53 bits per heavy atom. The topological polar surface area (TPSA) is 59.5 Å². The summed E-state index contributed by atoms with van der Waals surface area (Å²) in [6.07, 6.45) is 2.23. The fourth-order valence-corrected chi connectivity index (χ4v) is 3.12. The minimum absolute atomic E-state index is 0.144. The maximum Gasteiger partial charge on any atom is 0.358 e. The number of esters is 1. The monoisotopic (exact) mass is 282 g/mol. The Kier molecular flexibility index (Phi) is 4.19. The minimum atomic E-state index is -0.543. The van der Waals surface area contributed by atoms with Gasteiger partial charge >= 0.3 is 5.97 Å². The number of methoxy groups -OCH3 is 1. The van der Waals surface area contributed by atoms with Gasteiger partial charge in [-0.25, -0.2) is 9.78 Å². The Balaban J connectivity index is 2.27. The van der Waals surface area contributed by atoms with Crippen molar-refractivity contribution in [2.24, 2.45) is 5.92 Å². The number of anilines is 1. The van der Waals surface area contributed by atoms with Gasteiger partial charge in [-0.1, -0.05) is 18.3 Å². The smallest absolute Gasteiger partial charge is 0.358 e. The normalized spacial score (nSPS) is 16.5. The molecule has 0 spiro atoms. The van der Waals surface area contributed by atoms with Gasteiger partial charge in [0, 0.05) is 20.0 Å². The third-order valence-corrected chi connectivity index (χ3v) is 4.59. The highest BCUT2D eigenvalue weighted by molar-refractivity contribution is 7.17. The van der Waals surface area contributed by atoms with Crippen molar-refractivity contribution in [3.05, 3.63) is 10.6 Å². The molecule has 6 heteroatoms. The number of ketones is 1. The Morgan fingerprint density at radius 2 is 2.00 bits per heavy atom. The first-order valence-corrected chi connectivity index (χ1v) is 7.19. The molecule has 2 rings (SSSR count). The van der Waals surface area contributed by atoms with Crippen LogP contribution in [-0.2, 0) is 4.74 Å². The summed E-state index contributed by atoms with van der Waals surface area (Å²) >= 11 is 1.28. The zero-order valence-electron chi connectivity index (χ0n) is 11.4. The van der Waals surface area contributed by atoms with Gasteiger partial charge in [-0.2, -0.15) is 0 Å². The van der Waals surface area contributed by atoms with Crippen LogP contribution in [0.2, 0.25) is 0 Å². The molecule has 0 radical (unpaired) electrons. The molecule has 104 valence electrons. The summed E-state index contributed by atoms with van der Waals surface area (Å²) in [5.41, 5.74) is 0.147. The number of ether oxygens (including phenoxy) is 1. The molecule has 0 amide bonds. The Morgan fingerprint density at radius 1 is 1.37 bits per heavy atom. The van der Waals surface area contributed by atoms with Crippen molar-refractivity contribution in [2.45, 2.75) is 26.7 Å². The van der Waals surface area contributed by atoms with Crippen LogP contribution in [0.1, 0.15) is 46.8 Å². The van der Waals surface area contributed by atoms with E-state index >= 15 is 0 Å².